The van der Waals surface area contributed by atoms with Crippen molar-refractivity contribution in [1.82, 2.24) is 0 Å². The van der Waals surface area contributed by atoms with Gasteiger partial charge in [-0.15, -0.1) is 0 Å². The molecule has 0 aromatic rings. The summed E-state index contributed by atoms with van der Waals surface area (Å²) in [6, 6.07) is 0. The minimum absolute atomic E-state index is 0. The Kier molecular flexibility index (Phi) is 29.1. The van der Waals surface area contributed by atoms with Crippen LogP contribution in [0.1, 0.15) is 45.4 Å². The molecule has 0 fully saturated rings. The van der Waals surface area contributed by atoms with Crippen molar-refractivity contribution in [3.8, 4) is 0 Å². The van der Waals surface area contributed by atoms with Gasteiger partial charge >= 0.3 is 40.8 Å². The van der Waals surface area contributed by atoms with Gasteiger partial charge in [0.15, 0.2) is 0 Å². The topological polar surface area (TPSA) is 63.2 Å². The van der Waals surface area contributed by atoms with Crippen molar-refractivity contribution in [3.05, 3.63) is 6.92 Å². The van der Waals surface area contributed by atoms with Crippen molar-refractivity contribution in [2.45, 2.75) is 45.4 Å². The minimum atomic E-state index is -3.37. The van der Waals surface area contributed by atoms with Gasteiger partial charge in [-0.2, -0.15) is 6.42 Å². The summed E-state index contributed by atoms with van der Waals surface area (Å²) < 4.78 is 8.48. The van der Waals surface area contributed by atoms with E-state index in [1.165, 1.54) is 32.1 Å². The number of hydrogen-bond acceptors (Lipinski definition) is 3. The number of unbranched alkanes of at least 4 members (excludes halogenated alkanes) is 5. The maximum atomic E-state index is 8.48. The van der Waals surface area contributed by atoms with Crippen molar-refractivity contribution in [2.24, 2.45) is 0 Å². The number of rotatable bonds is 5. The Hall–Kier alpha value is 1.37. The Labute approximate surface area is 115 Å². The summed E-state index contributed by atoms with van der Waals surface area (Å²) in [5.74, 6) is 0. The van der Waals surface area contributed by atoms with Crippen molar-refractivity contribution in [2.75, 3.05) is 0 Å². The van der Waals surface area contributed by atoms with E-state index < -0.39 is 8.25 Å². The zero-order chi connectivity index (χ0) is 9.82. The molecule has 0 spiro atoms. The van der Waals surface area contributed by atoms with Crippen LogP contribution in [0.2, 0.25) is 0 Å². The van der Waals surface area contributed by atoms with Crippen LogP contribution >= 0.6 is 8.25 Å². The van der Waals surface area contributed by atoms with E-state index in [2.05, 4.69) is 13.8 Å². The van der Waals surface area contributed by atoms with Crippen LogP contribution in [0.5, 0.6) is 0 Å². The molecule has 0 heterocycles. The largest absolute Gasteiger partial charge is 3.00 e. The molecule has 0 bridgehead atoms. The average Bonchev–Trinajstić information content (AvgIpc) is 1.97. The third kappa shape index (κ3) is 42.6. The molecule has 0 aliphatic carbocycles. The Morgan fingerprint density at radius 1 is 1.15 bits per heavy atom. The van der Waals surface area contributed by atoms with E-state index in [4.69, 9.17) is 14.4 Å². The molecule has 0 saturated carbocycles. The van der Waals surface area contributed by atoms with Crippen LogP contribution in [0.4, 0.5) is 0 Å². The fraction of sp³-hybridized carbons (Fsp3) is 0.875. The summed E-state index contributed by atoms with van der Waals surface area (Å²) in [6.45, 7) is 6.02. The van der Waals surface area contributed by atoms with Crippen LogP contribution in [0.15, 0.2) is 0 Å². The summed E-state index contributed by atoms with van der Waals surface area (Å²) in [7, 11) is -3.37. The molecule has 0 aliphatic heterocycles. The molecular weight excluding hydrogens is 319 g/mol. The second kappa shape index (κ2) is 19.0. The van der Waals surface area contributed by atoms with Crippen LogP contribution in [0.3, 0.4) is 0 Å². The maximum absolute atomic E-state index is 8.48. The van der Waals surface area contributed by atoms with E-state index >= 15 is 0 Å². The molecule has 0 saturated heterocycles. The van der Waals surface area contributed by atoms with Crippen LogP contribution in [-0.4, -0.2) is 0 Å². The Morgan fingerprint density at radius 2 is 1.54 bits per heavy atom. The van der Waals surface area contributed by atoms with Gasteiger partial charge < -0.3 is 16.7 Å². The molecule has 0 aromatic carbocycles. The summed E-state index contributed by atoms with van der Waals surface area (Å²) in [5, 5.41) is 0. The van der Waals surface area contributed by atoms with Crippen molar-refractivity contribution >= 4 is 8.25 Å². The molecular formula is C8H17NdO3P+. The van der Waals surface area contributed by atoms with Gasteiger partial charge in [-0.25, -0.2) is 0 Å². The molecule has 13 heavy (non-hydrogen) atoms. The van der Waals surface area contributed by atoms with E-state index in [0.29, 0.717) is 0 Å². The van der Waals surface area contributed by atoms with Gasteiger partial charge in [0.2, 0.25) is 0 Å². The summed E-state index contributed by atoms with van der Waals surface area (Å²) in [6.07, 6.45) is 7.98. The Bertz CT molecular complexity index is 91.4. The number of hydrogen-bond donors (Lipinski definition) is 0. The quantitative estimate of drug-likeness (QED) is 0.435. The monoisotopic (exact) mass is 334 g/mol. The maximum Gasteiger partial charge on any atom is 3.00 e. The Balaban J connectivity index is -0.000000173. The summed E-state index contributed by atoms with van der Waals surface area (Å²) >= 11 is 0. The molecule has 3 nitrogen and oxygen atoms in total. The van der Waals surface area contributed by atoms with Crippen molar-refractivity contribution in [3.63, 3.8) is 0 Å². The zero-order valence-electron chi connectivity index (χ0n) is 8.12. The van der Waals surface area contributed by atoms with Gasteiger partial charge in [-0.3, -0.25) is 0 Å². The standard InChI is InChI=1S/C8H17.Nd.HO3P/c1-3-5-7-8-6-4-2;;1-4(2)3/h1,3-8H2,2H3;;(H,1,2,3)/q-1;+3;/p-1. The molecule has 0 amide bonds. The van der Waals surface area contributed by atoms with Gasteiger partial charge in [-0.1, -0.05) is 43.6 Å². The van der Waals surface area contributed by atoms with Gasteiger partial charge in [0.05, 0.1) is 0 Å². The SMILES string of the molecule is O=[P+]([O-])[O-].[CH2-]CCCCCCC.[Nd+3]. The van der Waals surface area contributed by atoms with E-state index in [0.717, 1.165) is 6.42 Å². The van der Waals surface area contributed by atoms with Crippen LogP contribution in [0.25, 0.3) is 0 Å². The molecule has 75 valence electrons. The Morgan fingerprint density at radius 3 is 1.85 bits per heavy atom. The minimum Gasteiger partial charge on any atom is -0.598 e. The first-order chi connectivity index (χ1) is 5.65. The fourth-order valence-electron chi connectivity index (χ4n) is 0.780. The predicted molar refractivity (Wildman–Crippen MR) is 46.3 cm³/mol. The van der Waals surface area contributed by atoms with Crippen molar-refractivity contribution in [1.29, 1.82) is 0 Å². The van der Waals surface area contributed by atoms with E-state index in [1.807, 2.05) is 0 Å². The normalized spacial score (nSPS) is 8.00. The molecule has 0 aliphatic rings. The molecule has 0 unspecified atom stereocenters. The second-order valence-electron chi connectivity index (χ2n) is 2.49. The third-order valence-electron chi connectivity index (χ3n) is 1.35. The molecule has 0 atom stereocenters. The summed E-state index contributed by atoms with van der Waals surface area (Å²) in [4.78, 5) is 17.0. The first kappa shape index (κ1) is 19.9. The first-order valence-electron chi connectivity index (χ1n) is 4.25. The van der Waals surface area contributed by atoms with Gasteiger partial charge in [0, 0.05) is 0 Å². The summed E-state index contributed by atoms with van der Waals surface area (Å²) in [5.41, 5.74) is 0. The fourth-order valence-corrected chi connectivity index (χ4v) is 0.780. The van der Waals surface area contributed by atoms with Gasteiger partial charge in [0.25, 0.3) is 8.25 Å². The van der Waals surface area contributed by atoms with E-state index in [1.54, 1.807) is 0 Å². The van der Waals surface area contributed by atoms with E-state index in [-0.39, 0.29) is 40.8 Å². The third-order valence-corrected chi connectivity index (χ3v) is 1.35. The van der Waals surface area contributed by atoms with Crippen molar-refractivity contribution < 1.29 is 55.2 Å². The van der Waals surface area contributed by atoms with E-state index in [9.17, 15) is 0 Å². The molecule has 0 rings (SSSR count). The molecule has 0 aromatic heterocycles. The smallest absolute Gasteiger partial charge is 0.598 e. The molecule has 5 heteroatoms. The van der Waals surface area contributed by atoms with Crippen LogP contribution in [0, 0.1) is 47.8 Å². The van der Waals surface area contributed by atoms with Gasteiger partial charge in [0.1, 0.15) is 0 Å². The second-order valence-corrected chi connectivity index (χ2v) is 2.94. The van der Waals surface area contributed by atoms with Gasteiger partial charge in [-0.05, 0) is 0 Å². The zero-order valence-corrected chi connectivity index (χ0v) is 12.2. The molecule has 1 radical (unpaired) electrons. The van der Waals surface area contributed by atoms with Crippen LogP contribution in [-0.2, 0) is 4.57 Å². The van der Waals surface area contributed by atoms with Crippen LogP contribution < -0.4 is 9.79 Å². The average molecular weight is 336 g/mol. The predicted octanol–water partition coefficient (Wildman–Crippen LogP) is 1.55. The molecule has 0 N–H and O–H groups in total. The first-order valence-corrected chi connectivity index (χ1v) is 5.35.